The first kappa shape index (κ1) is 36.9. The third-order valence-electron chi connectivity index (χ3n) is 8.26. The van der Waals surface area contributed by atoms with Crippen molar-refractivity contribution in [2.75, 3.05) is 6.26 Å². The van der Waals surface area contributed by atoms with E-state index in [0.29, 0.717) is 13.0 Å². The molecule has 256 valence electrons. The van der Waals surface area contributed by atoms with Crippen LogP contribution < -0.4 is 21.7 Å². The number of amides is 3. The number of hydrogen-bond acceptors (Lipinski definition) is 6. The summed E-state index contributed by atoms with van der Waals surface area (Å²) in [5.74, 6) is -2.45. The van der Waals surface area contributed by atoms with Gasteiger partial charge in [0.1, 0.15) is 12.1 Å². The Morgan fingerprint density at radius 2 is 1.22 bits per heavy atom. The first-order valence-electron chi connectivity index (χ1n) is 16.2. The van der Waals surface area contributed by atoms with E-state index in [1.54, 1.807) is 18.4 Å². The third kappa shape index (κ3) is 10.8. The van der Waals surface area contributed by atoms with Crippen molar-refractivity contribution in [1.82, 2.24) is 16.0 Å². The van der Waals surface area contributed by atoms with Crippen LogP contribution in [-0.2, 0) is 33.8 Å². The summed E-state index contributed by atoms with van der Waals surface area (Å²) in [7, 11) is 0. The first-order valence-corrected chi connectivity index (χ1v) is 17.5. The lowest BCUT2D eigenvalue weighted by molar-refractivity contribution is -0.132. The first-order chi connectivity index (χ1) is 23.5. The van der Waals surface area contributed by atoms with Gasteiger partial charge in [-0.15, -0.1) is 0 Å². The lowest BCUT2D eigenvalue weighted by atomic mass is 9.98. The van der Waals surface area contributed by atoms with Gasteiger partial charge in [-0.1, -0.05) is 111 Å². The van der Waals surface area contributed by atoms with E-state index < -0.39 is 41.2 Å². The molecular weight excluding hydrogens is 637 g/mol. The van der Waals surface area contributed by atoms with Crippen LogP contribution in [0.1, 0.15) is 40.9 Å². The van der Waals surface area contributed by atoms with Crippen molar-refractivity contribution < 1.29 is 24.3 Å². The number of aromatic carboxylic acids is 1. The van der Waals surface area contributed by atoms with Gasteiger partial charge in [-0.05, 0) is 58.5 Å². The van der Waals surface area contributed by atoms with E-state index in [1.165, 1.54) is 23.9 Å². The van der Waals surface area contributed by atoms with Crippen molar-refractivity contribution in [1.29, 1.82) is 0 Å². The van der Waals surface area contributed by atoms with Crippen LogP contribution in [0.2, 0.25) is 0 Å². The van der Waals surface area contributed by atoms with Crippen molar-refractivity contribution in [3.8, 4) is 11.1 Å². The largest absolute Gasteiger partial charge is 0.478 e. The standard InChI is InChI=1S/C39H44N4O5S/c1-25(2)34(37(45)41-24-28-10-6-4-7-11-28)43-36(44)33(23-27-14-18-30(19-15-27)29-12-8-5-9-13-29)42-38(46)35(49-3)32(40)22-26-16-20-31(21-17-26)39(47)48/h4-21,25,32-35H,22-24,40H2,1-3H3,(H,41,45)(H,42,46)(H,43,44)(H,47,48)/t32-,33?,34?,35-/m0/s1. The molecule has 0 fully saturated rings. The Morgan fingerprint density at radius 3 is 1.80 bits per heavy atom. The molecule has 0 aliphatic carbocycles. The predicted molar refractivity (Wildman–Crippen MR) is 195 cm³/mol. The van der Waals surface area contributed by atoms with Crippen LogP contribution in [0.15, 0.2) is 109 Å². The van der Waals surface area contributed by atoms with Crippen molar-refractivity contribution in [3.05, 3.63) is 131 Å². The molecule has 49 heavy (non-hydrogen) atoms. The predicted octanol–water partition coefficient (Wildman–Crippen LogP) is 4.84. The number of benzene rings is 4. The topological polar surface area (TPSA) is 151 Å². The summed E-state index contributed by atoms with van der Waals surface area (Å²) in [5, 5.41) is 17.3. The molecule has 0 aliphatic heterocycles. The zero-order valence-electron chi connectivity index (χ0n) is 28.0. The third-order valence-corrected chi connectivity index (χ3v) is 9.34. The summed E-state index contributed by atoms with van der Waals surface area (Å²) in [6, 6.07) is 31.2. The summed E-state index contributed by atoms with van der Waals surface area (Å²) in [6.07, 6.45) is 2.30. The van der Waals surface area contributed by atoms with Crippen LogP contribution in [-0.4, -0.2) is 58.4 Å². The summed E-state index contributed by atoms with van der Waals surface area (Å²) in [6.45, 7) is 4.03. The van der Waals surface area contributed by atoms with Crippen LogP contribution in [0, 0.1) is 5.92 Å². The minimum atomic E-state index is -1.02. The molecule has 4 aromatic rings. The molecule has 3 amide bonds. The zero-order chi connectivity index (χ0) is 35.3. The van der Waals surface area contributed by atoms with Crippen LogP contribution in [0.4, 0.5) is 0 Å². The molecule has 0 aromatic heterocycles. The van der Waals surface area contributed by atoms with Gasteiger partial charge in [-0.2, -0.15) is 11.8 Å². The minimum absolute atomic E-state index is 0.163. The molecule has 6 N–H and O–H groups in total. The number of hydrogen-bond donors (Lipinski definition) is 5. The maximum Gasteiger partial charge on any atom is 0.335 e. The molecule has 4 rings (SSSR count). The molecule has 4 aromatic carbocycles. The molecule has 0 heterocycles. The van der Waals surface area contributed by atoms with Gasteiger partial charge in [0, 0.05) is 19.0 Å². The monoisotopic (exact) mass is 680 g/mol. The Morgan fingerprint density at radius 1 is 0.673 bits per heavy atom. The summed E-state index contributed by atoms with van der Waals surface area (Å²) < 4.78 is 0. The van der Waals surface area contributed by atoms with Gasteiger partial charge in [0.05, 0.1) is 10.8 Å². The van der Waals surface area contributed by atoms with Gasteiger partial charge in [-0.25, -0.2) is 4.79 Å². The van der Waals surface area contributed by atoms with Crippen LogP contribution in [0.25, 0.3) is 11.1 Å². The van der Waals surface area contributed by atoms with Gasteiger partial charge < -0.3 is 26.8 Å². The highest BCUT2D eigenvalue weighted by Gasteiger charge is 2.32. The highest BCUT2D eigenvalue weighted by molar-refractivity contribution is 8.00. The molecule has 0 aliphatic rings. The Balaban J connectivity index is 1.51. The fourth-order valence-corrected chi connectivity index (χ4v) is 6.21. The number of carbonyl (C=O) groups is 4. The van der Waals surface area contributed by atoms with Crippen molar-refractivity contribution in [2.24, 2.45) is 11.7 Å². The molecule has 4 atom stereocenters. The van der Waals surface area contributed by atoms with E-state index in [9.17, 15) is 24.3 Å². The van der Waals surface area contributed by atoms with Gasteiger partial charge in [-0.3, -0.25) is 14.4 Å². The Bertz CT molecular complexity index is 1680. The normalized spacial score (nSPS) is 13.5. The van der Waals surface area contributed by atoms with Gasteiger partial charge in [0.15, 0.2) is 0 Å². The van der Waals surface area contributed by atoms with E-state index in [0.717, 1.165) is 27.8 Å². The molecule has 0 bridgehead atoms. The maximum atomic E-state index is 13.9. The van der Waals surface area contributed by atoms with E-state index in [-0.39, 0.29) is 23.8 Å². The molecule has 0 spiro atoms. The van der Waals surface area contributed by atoms with E-state index in [4.69, 9.17) is 5.73 Å². The van der Waals surface area contributed by atoms with Crippen molar-refractivity contribution in [3.63, 3.8) is 0 Å². The van der Waals surface area contributed by atoms with Gasteiger partial charge in [0.2, 0.25) is 17.7 Å². The van der Waals surface area contributed by atoms with Crippen LogP contribution in [0.5, 0.6) is 0 Å². The summed E-state index contributed by atoms with van der Waals surface area (Å²) in [4.78, 5) is 52.2. The number of nitrogens with two attached hydrogens (primary N) is 1. The second-order valence-electron chi connectivity index (χ2n) is 12.3. The lowest BCUT2D eigenvalue weighted by Crippen LogP contribution is -2.57. The number of thioether (sulfide) groups is 1. The Kier molecular flexibility index (Phi) is 13.6. The molecule has 0 radical (unpaired) electrons. The molecule has 2 unspecified atom stereocenters. The van der Waals surface area contributed by atoms with Crippen LogP contribution in [0.3, 0.4) is 0 Å². The van der Waals surface area contributed by atoms with Crippen molar-refractivity contribution >= 4 is 35.5 Å². The summed E-state index contributed by atoms with van der Waals surface area (Å²) >= 11 is 1.27. The molecular formula is C39H44N4O5S. The average Bonchev–Trinajstić information content (AvgIpc) is 3.10. The minimum Gasteiger partial charge on any atom is -0.478 e. The van der Waals surface area contributed by atoms with E-state index >= 15 is 0 Å². The Hall–Kier alpha value is -4.93. The highest BCUT2D eigenvalue weighted by atomic mass is 32.2. The fourth-order valence-electron chi connectivity index (χ4n) is 5.49. The second kappa shape index (κ2) is 18.0. The molecule has 10 heteroatoms. The van der Waals surface area contributed by atoms with Crippen molar-refractivity contribution in [2.45, 2.75) is 56.6 Å². The number of carbonyl (C=O) groups excluding carboxylic acids is 3. The Labute approximate surface area is 292 Å². The number of nitrogens with one attached hydrogen (secondary N) is 3. The summed E-state index contributed by atoms with van der Waals surface area (Å²) in [5.41, 5.74) is 11.3. The SMILES string of the molecule is CS[C@H](C(=O)NC(Cc1ccc(-c2ccccc2)cc1)C(=O)NC(C(=O)NCc1ccccc1)C(C)C)[C@@H](N)Cc1ccc(C(=O)O)cc1. The highest BCUT2D eigenvalue weighted by Crippen LogP contribution is 2.21. The quantitative estimate of drug-likeness (QED) is 0.114. The average molecular weight is 681 g/mol. The smallest absolute Gasteiger partial charge is 0.335 e. The maximum absolute atomic E-state index is 13.9. The molecule has 9 nitrogen and oxygen atoms in total. The molecule has 0 saturated carbocycles. The fraction of sp³-hybridized carbons (Fsp3) is 0.282. The molecule has 0 saturated heterocycles. The van der Waals surface area contributed by atoms with Gasteiger partial charge in [0.25, 0.3) is 0 Å². The number of carboxylic acid groups (broad SMARTS) is 1. The van der Waals surface area contributed by atoms with E-state index in [1.807, 2.05) is 98.8 Å². The number of carboxylic acids is 1. The van der Waals surface area contributed by atoms with Crippen LogP contribution >= 0.6 is 11.8 Å². The van der Waals surface area contributed by atoms with E-state index in [2.05, 4.69) is 16.0 Å². The lowest BCUT2D eigenvalue weighted by Gasteiger charge is -2.28. The number of rotatable bonds is 16. The zero-order valence-corrected chi connectivity index (χ0v) is 28.8. The van der Waals surface area contributed by atoms with Gasteiger partial charge >= 0.3 is 5.97 Å². The second-order valence-corrected chi connectivity index (χ2v) is 13.3.